The maximum atomic E-state index is 13.3. The normalized spacial score (nSPS) is 17.0. The van der Waals surface area contributed by atoms with Crippen molar-refractivity contribution in [2.75, 3.05) is 23.1 Å². The molecule has 3 aromatic rings. The molecule has 204 valence electrons. The Labute approximate surface area is 248 Å². The van der Waals surface area contributed by atoms with E-state index >= 15 is 0 Å². The summed E-state index contributed by atoms with van der Waals surface area (Å²) in [6.07, 6.45) is 1.63. The molecule has 0 radical (unpaired) electrons. The van der Waals surface area contributed by atoms with Crippen LogP contribution in [-0.4, -0.2) is 34.8 Å². The van der Waals surface area contributed by atoms with Gasteiger partial charge in [-0.2, -0.15) is 5.26 Å². The van der Waals surface area contributed by atoms with Crippen molar-refractivity contribution in [1.29, 1.82) is 5.26 Å². The molecule has 2 heterocycles. The summed E-state index contributed by atoms with van der Waals surface area (Å²) in [5, 5.41) is 22.7. The molecule has 0 bridgehead atoms. The number of thioether (sulfide) groups is 1. The minimum absolute atomic E-state index is 0.0315. The summed E-state index contributed by atoms with van der Waals surface area (Å²) in [7, 11) is 1.56. The molecule has 0 saturated heterocycles. The lowest BCUT2D eigenvalue weighted by atomic mass is 9.76. The zero-order valence-electron chi connectivity index (χ0n) is 21.1. The number of allylic oxidation sites excluding steroid dienone is 3. The number of hydrogen-bond donors (Lipinski definition) is 2. The smallest absolute Gasteiger partial charge is 0.234 e. The van der Waals surface area contributed by atoms with E-state index < -0.39 is 5.92 Å². The average Bonchev–Trinajstić information content (AvgIpc) is 3.41. The van der Waals surface area contributed by atoms with Gasteiger partial charge >= 0.3 is 0 Å². The Balaban J connectivity index is 1.42. The Morgan fingerprint density at radius 3 is 2.85 bits per heavy atom. The van der Waals surface area contributed by atoms with E-state index in [0.717, 1.165) is 5.56 Å². The van der Waals surface area contributed by atoms with Gasteiger partial charge in [0.25, 0.3) is 0 Å². The van der Waals surface area contributed by atoms with Crippen LogP contribution in [0.1, 0.15) is 30.7 Å². The van der Waals surface area contributed by atoms with Crippen LogP contribution in [0.15, 0.2) is 69.5 Å². The van der Waals surface area contributed by atoms with Gasteiger partial charge in [-0.15, -0.1) is 10.2 Å². The number of nitrogens with one attached hydrogen (secondary N) is 1. The number of carbonyl (C=O) groups excluding carboxylic acids is 2. The lowest BCUT2D eigenvalue weighted by Gasteiger charge is -2.38. The third-order valence-electron chi connectivity index (χ3n) is 6.46. The van der Waals surface area contributed by atoms with Crippen LogP contribution in [0, 0.1) is 11.3 Å². The number of nitriles is 1. The molecule has 0 spiro atoms. The molecule has 0 fully saturated rings. The maximum absolute atomic E-state index is 13.3. The number of benzene rings is 2. The molecule has 1 aliphatic carbocycles. The number of methoxy groups -OCH3 is 1. The molecule has 5 rings (SSSR count). The van der Waals surface area contributed by atoms with Gasteiger partial charge in [-0.1, -0.05) is 58.4 Å². The second kappa shape index (κ2) is 11.9. The molecular weight excluding hydrogens is 591 g/mol. The van der Waals surface area contributed by atoms with Crippen molar-refractivity contribution in [3.8, 4) is 11.8 Å². The molecule has 9 nitrogen and oxygen atoms in total. The van der Waals surface area contributed by atoms with E-state index in [9.17, 15) is 14.9 Å². The quantitative estimate of drug-likeness (QED) is 0.313. The fourth-order valence-electron chi connectivity index (χ4n) is 4.71. The average molecular weight is 614 g/mol. The first-order valence-corrected chi connectivity index (χ1v) is 14.7. The number of aromatic nitrogens is 2. The van der Waals surface area contributed by atoms with Gasteiger partial charge in [-0.05, 0) is 48.7 Å². The fraction of sp³-hybridized carbons (Fsp3) is 0.222. The molecule has 1 atom stereocenters. The third kappa shape index (κ3) is 5.53. The van der Waals surface area contributed by atoms with E-state index in [1.165, 1.54) is 23.1 Å². The van der Waals surface area contributed by atoms with Gasteiger partial charge in [0.05, 0.1) is 41.1 Å². The van der Waals surface area contributed by atoms with Crippen LogP contribution in [-0.2, 0) is 9.59 Å². The molecule has 40 heavy (non-hydrogen) atoms. The van der Waals surface area contributed by atoms with Crippen molar-refractivity contribution < 1.29 is 14.3 Å². The van der Waals surface area contributed by atoms with E-state index in [2.05, 4.69) is 21.6 Å². The zero-order chi connectivity index (χ0) is 28.4. The number of nitrogens with zero attached hydrogens (tertiary/aromatic N) is 4. The molecule has 13 heteroatoms. The summed E-state index contributed by atoms with van der Waals surface area (Å²) in [6.45, 7) is 0. The molecule has 1 aliphatic heterocycles. The summed E-state index contributed by atoms with van der Waals surface area (Å²) in [6, 6.07) is 14.4. The number of ketones is 1. The highest BCUT2D eigenvalue weighted by molar-refractivity contribution is 8.01. The number of hydrogen-bond acceptors (Lipinski definition) is 10. The second-order valence-electron chi connectivity index (χ2n) is 8.90. The molecule has 0 saturated carbocycles. The standard InChI is InChI=1S/C27H22Cl2N6O3S2/c1-38-16-5-2-4-14(10-16)23-17(12-30)25(31)35(20-6-3-7-21(36)24(20)23)26-33-34-27(40-26)39-13-22(37)32-19-9-8-15(28)11-18(19)29/h2,4-5,8-11,23H,3,6-7,13,31H2,1H3,(H,32,37). The molecular formula is C27H22Cl2N6O3S2. The Bertz CT molecular complexity index is 1610. The van der Waals surface area contributed by atoms with Crippen LogP contribution in [0.4, 0.5) is 10.8 Å². The van der Waals surface area contributed by atoms with Gasteiger partial charge in [0.2, 0.25) is 11.0 Å². The SMILES string of the molecule is COc1cccc(C2C(C#N)=C(N)N(c3nnc(SCC(=O)Nc4ccc(Cl)cc4Cl)s3)C3=C2C(=O)CCC3)c1. The summed E-state index contributed by atoms with van der Waals surface area (Å²) in [4.78, 5) is 27.5. The minimum atomic E-state index is -0.607. The molecule has 2 aliphatic rings. The fourth-order valence-corrected chi connectivity index (χ4v) is 6.85. The maximum Gasteiger partial charge on any atom is 0.234 e. The van der Waals surface area contributed by atoms with E-state index in [0.29, 0.717) is 61.5 Å². The molecule has 2 aromatic carbocycles. The van der Waals surface area contributed by atoms with Gasteiger partial charge in [0.1, 0.15) is 11.6 Å². The minimum Gasteiger partial charge on any atom is -0.497 e. The number of halogens is 2. The van der Waals surface area contributed by atoms with Gasteiger partial charge in [0.15, 0.2) is 10.1 Å². The summed E-state index contributed by atoms with van der Waals surface area (Å²) >= 11 is 14.5. The van der Waals surface area contributed by atoms with Crippen molar-refractivity contribution in [1.82, 2.24) is 10.2 Å². The lowest BCUT2D eigenvalue weighted by molar-refractivity contribution is -0.116. The Kier molecular flexibility index (Phi) is 8.32. The highest BCUT2D eigenvalue weighted by Gasteiger charge is 2.41. The summed E-state index contributed by atoms with van der Waals surface area (Å²) < 4.78 is 5.91. The van der Waals surface area contributed by atoms with Crippen molar-refractivity contribution in [2.24, 2.45) is 5.73 Å². The highest BCUT2D eigenvalue weighted by Crippen LogP contribution is 2.47. The van der Waals surface area contributed by atoms with Crippen molar-refractivity contribution in [2.45, 2.75) is 29.5 Å². The molecule has 1 amide bonds. The van der Waals surface area contributed by atoms with Crippen LogP contribution in [0.25, 0.3) is 0 Å². The number of amides is 1. The first-order chi connectivity index (χ1) is 19.3. The predicted octanol–water partition coefficient (Wildman–Crippen LogP) is 5.89. The number of carbonyl (C=O) groups is 2. The number of anilines is 2. The van der Waals surface area contributed by atoms with Crippen LogP contribution in [0.2, 0.25) is 10.0 Å². The van der Waals surface area contributed by atoms with Gasteiger partial charge in [-0.25, -0.2) is 0 Å². The number of Topliss-reactive ketones (excluding diaryl/α,β-unsaturated/α-hetero) is 1. The van der Waals surface area contributed by atoms with Crippen LogP contribution in [0.3, 0.4) is 0 Å². The van der Waals surface area contributed by atoms with Crippen LogP contribution < -0.4 is 20.7 Å². The Morgan fingerprint density at radius 1 is 1.27 bits per heavy atom. The van der Waals surface area contributed by atoms with E-state index in [1.807, 2.05) is 18.2 Å². The number of ether oxygens (including phenoxy) is 1. The molecule has 1 unspecified atom stereocenters. The molecule has 1 aromatic heterocycles. The van der Waals surface area contributed by atoms with Crippen molar-refractivity contribution in [3.05, 3.63) is 80.7 Å². The topological polar surface area (TPSA) is 134 Å². The van der Waals surface area contributed by atoms with Crippen LogP contribution >= 0.6 is 46.3 Å². The van der Waals surface area contributed by atoms with Gasteiger partial charge in [-0.3, -0.25) is 14.5 Å². The first-order valence-electron chi connectivity index (χ1n) is 12.1. The summed E-state index contributed by atoms with van der Waals surface area (Å²) in [5.74, 6) is -0.0347. The zero-order valence-corrected chi connectivity index (χ0v) is 24.3. The second-order valence-corrected chi connectivity index (χ2v) is 11.9. The van der Waals surface area contributed by atoms with Crippen LogP contribution in [0.5, 0.6) is 5.75 Å². The lowest BCUT2D eigenvalue weighted by Crippen LogP contribution is -2.38. The highest BCUT2D eigenvalue weighted by atomic mass is 35.5. The Hall–Kier alpha value is -3.56. The first kappa shape index (κ1) is 28.0. The van der Waals surface area contributed by atoms with E-state index in [1.54, 1.807) is 36.3 Å². The monoisotopic (exact) mass is 612 g/mol. The number of rotatable bonds is 7. The van der Waals surface area contributed by atoms with Crippen molar-refractivity contribution >= 4 is 68.8 Å². The predicted molar refractivity (Wildman–Crippen MR) is 157 cm³/mol. The summed E-state index contributed by atoms with van der Waals surface area (Å²) in [5.41, 5.74) is 9.32. The van der Waals surface area contributed by atoms with E-state index in [4.69, 9.17) is 33.7 Å². The largest absolute Gasteiger partial charge is 0.497 e. The third-order valence-corrected chi connectivity index (χ3v) is 9.05. The van der Waals surface area contributed by atoms with Gasteiger partial charge < -0.3 is 15.8 Å². The Morgan fingerprint density at radius 2 is 2.10 bits per heavy atom. The van der Waals surface area contributed by atoms with E-state index in [-0.39, 0.29) is 28.8 Å². The van der Waals surface area contributed by atoms with Gasteiger partial charge in [0, 0.05) is 22.7 Å². The van der Waals surface area contributed by atoms with Crippen molar-refractivity contribution in [3.63, 3.8) is 0 Å². The molecule has 3 N–H and O–H groups in total. The number of nitrogens with two attached hydrogens (primary N) is 1.